The van der Waals surface area contributed by atoms with Gasteiger partial charge in [0.2, 0.25) is 0 Å². The summed E-state index contributed by atoms with van der Waals surface area (Å²) < 4.78 is 10.1. The molecular weight excluding hydrogens is 362 g/mol. The van der Waals surface area contributed by atoms with E-state index < -0.39 is 21.5 Å². The molecule has 0 bridgehead atoms. The Hall–Kier alpha value is -4.04. The number of nitro groups is 1. The predicted molar refractivity (Wildman–Crippen MR) is 102 cm³/mol. The van der Waals surface area contributed by atoms with E-state index in [1.807, 2.05) is 12.1 Å². The average Bonchev–Trinajstić information content (AvgIpc) is 3.38. The molecule has 4 rings (SSSR count). The molecule has 0 N–H and O–H groups in total. The van der Waals surface area contributed by atoms with E-state index in [9.17, 15) is 14.9 Å². The molecule has 138 valence electrons. The number of carbonyl (C=O) groups excluding carboxylic acids is 1. The van der Waals surface area contributed by atoms with Gasteiger partial charge in [0.05, 0.1) is 6.07 Å². The first-order valence-corrected chi connectivity index (χ1v) is 8.34. The lowest BCUT2D eigenvalue weighted by molar-refractivity contribution is -0.402. The minimum absolute atomic E-state index is 0.186. The Morgan fingerprint density at radius 1 is 1.00 bits per heavy atom. The van der Waals surface area contributed by atoms with Crippen LogP contribution in [0.15, 0.2) is 94.6 Å². The number of nitrogens with zero attached hydrogens (tertiary/aromatic N) is 3. The van der Waals surface area contributed by atoms with Gasteiger partial charge in [-0.2, -0.15) is 4.79 Å². The molecule has 1 aromatic heterocycles. The third-order valence-electron chi connectivity index (χ3n) is 4.11. The molecule has 0 fully saturated rings. The van der Waals surface area contributed by atoms with Crippen LogP contribution in [0.4, 0.5) is 16.4 Å². The second-order valence-corrected chi connectivity index (χ2v) is 5.90. The van der Waals surface area contributed by atoms with Crippen LogP contribution < -0.4 is 9.33 Å². The number of rotatable bonds is 4. The number of allylic oxidation sites excluding steroid dienone is 1. The molecule has 1 unspecified atom stereocenters. The van der Waals surface area contributed by atoms with Crippen molar-refractivity contribution < 1.29 is 18.9 Å². The molecule has 0 spiro atoms. The van der Waals surface area contributed by atoms with E-state index in [2.05, 4.69) is 5.10 Å². The van der Waals surface area contributed by atoms with Gasteiger partial charge in [0.15, 0.2) is 17.2 Å². The number of benzene rings is 2. The molecule has 1 amide bonds. The summed E-state index contributed by atoms with van der Waals surface area (Å²) in [4.78, 5) is 23.3. The number of hydrogen-bond donors (Lipinski definition) is 0. The maximum atomic E-state index is 13.1. The molecule has 1 aliphatic heterocycles. The van der Waals surface area contributed by atoms with Gasteiger partial charge in [0.1, 0.15) is 16.9 Å². The van der Waals surface area contributed by atoms with Crippen molar-refractivity contribution in [1.29, 1.82) is 0 Å². The Labute approximate surface area is 159 Å². The highest BCUT2D eigenvalue weighted by atomic mass is 16.6. The number of carbonyl (C=O) groups is 1. The SMILES string of the molecule is O=C(Oc1ccccc1)[N+]1(c2ccccc2)C=CC(c2ccc([N+](=O)[O-])o2)=N1. The fourth-order valence-corrected chi connectivity index (χ4v) is 2.78. The van der Waals surface area contributed by atoms with Gasteiger partial charge in [0.25, 0.3) is 0 Å². The van der Waals surface area contributed by atoms with Crippen LogP contribution in [0.2, 0.25) is 0 Å². The number of amides is 1. The minimum Gasteiger partial charge on any atom is -0.399 e. The monoisotopic (exact) mass is 376 g/mol. The normalized spacial score (nSPS) is 17.9. The zero-order valence-electron chi connectivity index (χ0n) is 14.5. The summed E-state index contributed by atoms with van der Waals surface area (Å²) in [6.07, 6.45) is 2.47. The first kappa shape index (κ1) is 17.4. The Morgan fingerprint density at radius 3 is 2.32 bits per heavy atom. The van der Waals surface area contributed by atoms with Crippen LogP contribution in [0.1, 0.15) is 5.76 Å². The first-order chi connectivity index (χ1) is 13.6. The van der Waals surface area contributed by atoms with Crippen LogP contribution in [0, 0.1) is 10.1 Å². The molecule has 8 nitrogen and oxygen atoms in total. The molecule has 0 radical (unpaired) electrons. The Balaban J connectivity index is 1.75. The van der Waals surface area contributed by atoms with Crippen LogP contribution in [0.25, 0.3) is 0 Å². The zero-order valence-corrected chi connectivity index (χ0v) is 14.5. The standard InChI is InChI=1S/C20H14N3O5/c24-20(27-16-9-5-2-6-10-16)23(15-7-3-1-4-8-15)14-13-17(21-23)18-11-12-19(28-18)22(25)26/h1-14H/q+1. The molecule has 28 heavy (non-hydrogen) atoms. The van der Waals surface area contributed by atoms with Crippen LogP contribution in [-0.2, 0) is 0 Å². The molecule has 1 aliphatic rings. The van der Waals surface area contributed by atoms with E-state index >= 15 is 0 Å². The third kappa shape index (κ3) is 3.08. The van der Waals surface area contributed by atoms with Crippen molar-refractivity contribution >= 4 is 23.4 Å². The number of furan rings is 1. The molecule has 1 atom stereocenters. The maximum absolute atomic E-state index is 13.1. The Kier molecular flexibility index (Phi) is 4.30. The molecule has 8 heteroatoms. The van der Waals surface area contributed by atoms with Gasteiger partial charge in [-0.25, -0.2) is 0 Å². The summed E-state index contributed by atoms with van der Waals surface area (Å²) in [7, 11) is 0. The number of hydrogen-bond acceptors (Lipinski definition) is 6. The summed E-state index contributed by atoms with van der Waals surface area (Å²) in [5, 5.41) is 15.3. The van der Waals surface area contributed by atoms with Gasteiger partial charge in [-0.1, -0.05) is 41.5 Å². The molecular formula is C20H14N3O5+. The van der Waals surface area contributed by atoms with Crippen LogP contribution in [0.3, 0.4) is 0 Å². The summed E-state index contributed by atoms with van der Waals surface area (Å²) >= 11 is 0. The summed E-state index contributed by atoms with van der Waals surface area (Å²) in [5.74, 6) is 0.167. The lowest BCUT2D eigenvalue weighted by atomic mass is 10.3. The van der Waals surface area contributed by atoms with Crippen molar-refractivity contribution in [2.24, 2.45) is 5.10 Å². The van der Waals surface area contributed by atoms with Crippen molar-refractivity contribution in [1.82, 2.24) is 4.59 Å². The van der Waals surface area contributed by atoms with E-state index in [1.165, 1.54) is 12.1 Å². The Morgan fingerprint density at radius 2 is 1.68 bits per heavy atom. The fourth-order valence-electron chi connectivity index (χ4n) is 2.78. The number of ether oxygens (including phenoxy) is 1. The molecule has 2 aromatic carbocycles. The van der Waals surface area contributed by atoms with Gasteiger partial charge in [-0.15, -0.1) is 0 Å². The van der Waals surface area contributed by atoms with Gasteiger partial charge in [-0.3, -0.25) is 10.1 Å². The van der Waals surface area contributed by atoms with Gasteiger partial charge >= 0.3 is 12.0 Å². The van der Waals surface area contributed by atoms with Crippen molar-refractivity contribution in [3.63, 3.8) is 0 Å². The summed E-state index contributed by atoms with van der Waals surface area (Å²) in [6, 6.07) is 20.2. The van der Waals surface area contributed by atoms with Crippen LogP contribution >= 0.6 is 0 Å². The highest BCUT2D eigenvalue weighted by Gasteiger charge is 2.45. The second-order valence-electron chi connectivity index (χ2n) is 5.90. The van der Waals surface area contributed by atoms with Crippen LogP contribution in [0.5, 0.6) is 5.75 Å². The molecule has 0 saturated heterocycles. The summed E-state index contributed by atoms with van der Waals surface area (Å²) in [6.45, 7) is 0. The Bertz CT molecular complexity index is 1090. The minimum atomic E-state index is -0.648. The van der Waals surface area contributed by atoms with Gasteiger partial charge < -0.3 is 9.15 Å². The maximum Gasteiger partial charge on any atom is 0.559 e. The summed E-state index contributed by atoms with van der Waals surface area (Å²) in [5.41, 5.74) is 0.845. The van der Waals surface area contributed by atoms with Crippen molar-refractivity contribution in [2.45, 2.75) is 0 Å². The lowest BCUT2D eigenvalue weighted by Crippen LogP contribution is -2.45. The molecule has 2 heterocycles. The highest BCUT2D eigenvalue weighted by Crippen LogP contribution is 2.32. The van der Waals surface area contributed by atoms with E-state index in [1.54, 1.807) is 60.8 Å². The number of quaternary nitrogens is 1. The second kappa shape index (κ2) is 6.93. The lowest BCUT2D eigenvalue weighted by Gasteiger charge is -2.21. The largest absolute Gasteiger partial charge is 0.559 e. The van der Waals surface area contributed by atoms with E-state index in [4.69, 9.17) is 9.15 Å². The highest BCUT2D eigenvalue weighted by molar-refractivity contribution is 6.10. The smallest absolute Gasteiger partial charge is 0.399 e. The van der Waals surface area contributed by atoms with Gasteiger partial charge in [-0.05, 0) is 22.8 Å². The van der Waals surface area contributed by atoms with E-state index in [0.29, 0.717) is 17.1 Å². The van der Waals surface area contributed by atoms with Gasteiger partial charge in [0, 0.05) is 18.2 Å². The molecule has 3 aromatic rings. The zero-order chi connectivity index (χ0) is 19.6. The first-order valence-electron chi connectivity index (χ1n) is 8.34. The topological polar surface area (TPSA) is 94.9 Å². The quantitative estimate of drug-likeness (QED) is 0.376. The molecule has 0 saturated carbocycles. The molecule has 0 aliphatic carbocycles. The van der Waals surface area contributed by atoms with E-state index in [0.717, 1.165) is 0 Å². The number of para-hydroxylation sites is 2. The average molecular weight is 376 g/mol. The predicted octanol–water partition coefficient (Wildman–Crippen LogP) is 4.63. The van der Waals surface area contributed by atoms with E-state index in [-0.39, 0.29) is 5.76 Å². The third-order valence-corrected chi connectivity index (χ3v) is 4.11. The van der Waals surface area contributed by atoms with Crippen molar-refractivity contribution in [3.05, 3.63) is 101 Å². The van der Waals surface area contributed by atoms with Crippen molar-refractivity contribution in [3.8, 4) is 5.75 Å². The fraction of sp³-hybridized carbons (Fsp3) is 0. The van der Waals surface area contributed by atoms with Crippen molar-refractivity contribution in [2.75, 3.05) is 0 Å². The van der Waals surface area contributed by atoms with Crippen LogP contribution in [-0.4, -0.2) is 16.7 Å².